The molecule has 0 bridgehead atoms. The summed E-state index contributed by atoms with van der Waals surface area (Å²) in [5.41, 5.74) is 6.26. The van der Waals surface area contributed by atoms with Crippen molar-refractivity contribution in [2.24, 2.45) is 10.8 Å². The van der Waals surface area contributed by atoms with Gasteiger partial charge in [0.25, 0.3) is 0 Å². The van der Waals surface area contributed by atoms with E-state index in [9.17, 15) is 13.6 Å². The Hall–Kier alpha value is -1.70. The highest BCUT2D eigenvalue weighted by Crippen LogP contribution is 2.30. The SMILES string of the molecule is NC(=O)NN=Cc1cc(Br)c(O)c(F)c1F. The molecule has 86 valence electrons. The minimum absolute atomic E-state index is 0.0353. The van der Waals surface area contributed by atoms with Crippen molar-refractivity contribution in [3.8, 4) is 5.75 Å². The summed E-state index contributed by atoms with van der Waals surface area (Å²) in [5, 5.41) is 12.3. The molecule has 1 rings (SSSR count). The van der Waals surface area contributed by atoms with Gasteiger partial charge >= 0.3 is 6.03 Å². The van der Waals surface area contributed by atoms with Crippen molar-refractivity contribution in [3.05, 3.63) is 27.7 Å². The average molecular weight is 294 g/mol. The number of nitrogens with zero attached hydrogens (tertiary/aromatic N) is 1. The molecule has 0 saturated heterocycles. The molecule has 5 nitrogen and oxygen atoms in total. The molecule has 8 heteroatoms. The van der Waals surface area contributed by atoms with Crippen LogP contribution in [0.25, 0.3) is 0 Å². The van der Waals surface area contributed by atoms with Gasteiger partial charge in [-0.15, -0.1) is 0 Å². The van der Waals surface area contributed by atoms with Crippen LogP contribution in [-0.4, -0.2) is 17.4 Å². The van der Waals surface area contributed by atoms with Gasteiger partial charge in [0, 0.05) is 5.56 Å². The molecule has 1 aromatic carbocycles. The van der Waals surface area contributed by atoms with Crippen LogP contribution in [0.5, 0.6) is 5.75 Å². The summed E-state index contributed by atoms with van der Waals surface area (Å²) in [4.78, 5) is 10.2. The zero-order chi connectivity index (χ0) is 12.3. The van der Waals surface area contributed by atoms with E-state index in [1.54, 1.807) is 0 Å². The van der Waals surface area contributed by atoms with Crippen molar-refractivity contribution in [1.29, 1.82) is 0 Å². The van der Waals surface area contributed by atoms with E-state index in [4.69, 9.17) is 10.8 Å². The lowest BCUT2D eigenvalue weighted by Gasteiger charge is -2.03. The molecule has 0 heterocycles. The van der Waals surface area contributed by atoms with Crippen LogP contribution in [0, 0.1) is 11.6 Å². The van der Waals surface area contributed by atoms with Gasteiger partial charge in [-0.05, 0) is 22.0 Å². The predicted octanol–water partition coefficient (Wildman–Crippen LogP) is 1.44. The van der Waals surface area contributed by atoms with Crippen LogP contribution in [0.4, 0.5) is 13.6 Å². The van der Waals surface area contributed by atoms with Crippen LogP contribution < -0.4 is 11.2 Å². The van der Waals surface area contributed by atoms with Crippen LogP contribution in [0.15, 0.2) is 15.6 Å². The molecule has 16 heavy (non-hydrogen) atoms. The van der Waals surface area contributed by atoms with Crippen LogP contribution in [0.1, 0.15) is 5.56 Å². The Balaban J connectivity index is 3.06. The highest BCUT2D eigenvalue weighted by molar-refractivity contribution is 9.10. The van der Waals surface area contributed by atoms with Gasteiger partial charge in [0.05, 0.1) is 10.7 Å². The summed E-state index contributed by atoms with van der Waals surface area (Å²) in [5.74, 6) is -3.52. The normalized spacial score (nSPS) is 10.7. The summed E-state index contributed by atoms with van der Waals surface area (Å²) in [6.07, 6.45) is 0.855. The fraction of sp³-hybridized carbons (Fsp3) is 0. The van der Waals surface area contributed by atoms with Gasteiger partial charge in [-0.1, -0.05) is 0 Å². The van der Waals surface area contributed by atoms with E-state index in [-0.39, 0.29) is 10.0 Å². The Morgan fingerprint density at radius 2 is 2.19 bits per heavy atom. The van der Waals surface area contributed by atoms with Crippen LogP contribution in [-0.2, 0) is 0 Å². The number of phenols is 1. The van der Waals surface area contributed by atoms with Gasteiger partial charge in [-0.3, -0.25) is 0 Å². The second-order valence-corrected chi connectivity index (χ2v) is 3.51. The van der Waals surface area contributed by atoms with Gasteiger partial charge < -0.3 is 10.8 Å². The molecular weight excluding hydrogens is 288 g/mol. The molecule has 0 saturated carbocycles. The molecule has 1 aromatic rings. The summed E-state index contributed by atoms with van der Waals surface area (Å²) >= 11 is 2.82. The summed E-state index contributed by atoms with van der Waals surface area (Å²) in [7, 11) is 0. The molecule has 0 atom stereocenters. The van der Waals surface area contributed by atoms with Gasteiger partial charge in [-0.25, -0.2) is 14.6 Å². The second kappa shape index (κ2) is 4.88. The molecule has 2 amide bonds. The number of hydrazone groups is 1. The number of aromatic hydroxyl groups is 1. The standard InChI is InChI=1S/C8H6BrF2N3O2/c9-4-1-3(2-13-14-8(12)16)5(10)6(11)7(4)15/h1-2,15H,(H3,12,14,16). The molecule has 4 N–H and O–H groups in total. The van der Waals surface area contributed by atoms with Gasteiger partial charge in [0.15, 0.2) is 11.6 Å². The van der Waals surface area contributed by atoms with E-state index in [0.717, 1.165) is 12.3 Å². The largest absolute Gasteiger partial charge is 0.504 e. The zero-order valence-electron chi connectivity index (χ0n) is 7.67. The molecule has 0 aliphatic rings. The quantitative estimate of drug-likeness (QED) is 0.438. The summed E-state index contributed by atoms with van der Waals surface area (Å²) in [6.45, 7) is 0. The first-order valence-electron chi connectivity index (χ1n) is 3.88. The minimum Gasteiger partial charge on any atom is -0.504 e. The van der Waals surface area contributed by atoms with E-state index in [1.165, 1.54) is 0 Å². The van der Waals surface area contributed by atoms with Crippen molar-refractivity contribution < 1.29 is 18.7 Å². The lowest BCUT2D eigenvalue weighted by molar-refractivity contribution is 0.249. The number of carbonyl (C=O) groups excluding carboxylic acids is 1. The first kappa shape index (κ1) is 12.4. The maximum absolute atomic E-state index is 13.2. The number of nitrogens with one attached hydrogen (secondary N) is 1. The topological polar surface area (TPSA) is 87.7 Å². The molecule has 0 aliphatic carbocycles. The number of nitrogens with two attached hydrogens (primary N) is 1. The highest BCUT2D eigenvalue weighted by Gasteiger charge is 2.15. The molecule has 0 radical (unpaired) electrons. The van der Waals surface area contributed by atoms with E-state index in [0.29, 0.717) is 0 Å². The predicted molar refractivity (Wildman–Crippen MR) is 56.0 cm³/mol. The van der Waals surface area contributed by atoms with Gasteiger partial charge in [0.1, 0.15) is 0 Å². The monoisotopic (exact) mass is 293 g/mol. The number of amides is 2. The number of benzene rings is 1. The third kappa shape index (κ3) is 2.66. The van der Waals surface area contributed by atoms with E-state index in [2.05, 4.69) is 21.0 Å². The van der Waals surface area contributed by atoms with E-state index in [1.807, 2.05) is 5.43 Å². The minimum atomic E-state index is -1.41. The number of urea groups is 1. The Kier molecular flexibility index (Phi) is 3.78. The highest BCUT2D eigenvalue weighted by atomic mass is 79.9. The van der Waals surface area contributed by atoms with Gasteiger partial charge in [0.2, 0.25) is 5.82 Å². The van der Waals surface area contributed by atoms with Crippen LogP contribution in [0.2, 0.25) is 0 Å². The fourth-order valence-corrected chi connectivity index (χ4v) is 1.28. The van der Waals surface area contributed by atoms with Crippen molar-refractivity contribution in [2.45, 2.75) is 0 Å². The number of hydrogen-bond acceptors (Lipinski definition) is 3. The summed E-state index contributed by atoms with van der Waals surface area (Å²) < 4.78 is 26.1. The third-order valence-electron chi connectivity index (χ3n) is 1.54. The number of halogens is 3. The Bertz CT molecular complexity index is 465. The number of primary amides is 1. The van der Waals surface area contributed by atoms with E-state index < -0.39 is 23.4 Å². The third-order valence-corrected chi connectivity index (χ3v) is 2.15. The molecule has 0 spiro atoms. The lowest BCUT2D eigenvalue weighted by Crippen LogP contribution is -2.24. The molecule has 0 aliphatic heterocycles. The van der Waals surface area contributed by atoms with Crippen LogP contribution in [0.3, 0.4) is 0 Å². The molecule has 0 unspecified atom stereocenters. The Labute approximate surface area is 97.1 Å². The first-order chi connectivity index (χ1) is 7.43. The average Bonchev–Trinajstić information content (AvgIpc) is 2.22. The van der Waals surface area contributed by atoms with Crippen molar-refractivity contribution >= 4 is 28.2 Å². The maximum atomic E-state index is 13.2. The van der Waals surface area contributed by atoms with Gasteiger partial charge in [-0.2, -0.15) is 9.49 Å². The first-order valence-corrected chi connectivity index (χ1v) is 4.67. The summed E-state index contributed by atoms with van der Waals surface area (Å²) in [6, 6.07) is 0.162. The smallest absolute Gasteiger partial charge is 0.332 e. The molecular formula is C8H6BrF2N3O2. The number of carbonyl (C=O) groups is 1. The molecule has 0 fully saturated rings. The van der Waals surface area contributed by atoms with Crippen molar-refractivity contribution in [2.75, 3.05) is 0 Å². The zero-order valence-corrected chi connectivity index (χ0v) is 9.25. The second-order valence-electron chi connectivity index (χ2n) is 2.66. The molecule has 0 aromatic heterocycles. The number of rotatable bonds is 2. The fourth-order valence-electron chi connectivity index (χ4n) is 0.863. The van der Waals surface area contributed by atoms with Crippen molar-refractivity contribution in [1.82, 2.24) is 5.43 Å². The van der Waals surface area contributed by atoms with Crippen LogP contribution >= 0.6 is 15.9 Å². The van der Waals surface area contributed by atoms with Crippen molar-refractivity contribution in [3.63, 3.8) is 0 Å². The number of phenolic OH excluding ortho intramolecular Hbond substituents is 1. The van der Waals surface area contributed by atoms with E-state index >= 15 is 0 Å². The Morgan fingerprint density at radius 1 is 1.56 bits per heavy atom. The number of hydrogen-bond donors (Lipinski definition) is 3. The lowest BCUT2D eigenvalue weighted by atomic mass is 10.2. The Morgan fingerprint density at radius 3 is 2.75 bits per heavy atom. The maximum Gasteiger partial charge on any atom is 0.332 e.